The van der Waals surface area contributed by atoms with E-state index in [2.05, 4.69) is 0 Å². The number of carbonyl (C=O) groups is 2. The normalized spacial score (nSPS) is 10.6. The molecule has 3 heteroatoms. The van der Waals surface area contributed by atoms with Crippen molar-refractivity contribution in [2.45, 2.75) is 34.1 Å². The summed E-state index contributed by atoms with van der Waals surface area (Å²) in [5.41, 5.74) is 4.10. The van der Waals surface area contributed by atoms with E-state index in [-0.39, 0.29) is 18.0 Å². The molecule has 104 valence electrons. The minimum atomic E-state index is -0.194. The lowest BCUT2D eigenvalue weighted by atomic mass is 9.93. The predicted octanol–water partition coefficient (Wildman–Crippen LogP) is 3.97. The third-order valence-electron chi connectivity index (χ3n) is 3.44. The average molecular weight is 270 g/mol. The molecule has 0 unspecified atom stereocenters. The molecular formula is C17H18O3. The number of furan rings is 1. The van der Waals surface area contributed by atoms with Crippen molar-refractivity contribution in [3.8, 4) is 0 Å². The first kappa shape index (κ1) is 14.3. The van der Waals surface area contributed by atoms with Crippen molar-refractivity contribution in [1.29, 1.82) is 0 Å². The molecule has 0 aliphatic heterocycles. The van der Waals surface area contributed by atoms with E-state index in [1.54, 1.807) is 13.0 Å². The van der Waals surface area contributed by atoms with Gasteiger partial charge in [0.05, 0.1) is 18.2 Å². The first-order valence-corrected chi connectivity index (χ1v) is 6.58. The van der Waals surface area contributed by atoms with Crippen molar-refractivity contribution in [2.75, 3.05) is 0 Å². The van der Waals surface area contributed by atoms with Crippen molar-refractivity contribution in [3.63, 3.8) is 0 Å². The highest BCUT2D eigenvalue weighted by molar-refractivity contribution is 6.14. The van der Waals surface area contributed by atoms with Gasteiger partial charge in [-0.1, -0.05) is 17.7 Å². The second-order valence-electron chi connectivity index (χ2n) is 5.19. The maximum atomic E-state index is 12.4. The third-order valence-corrected chi connectivity index (χ3v) is 3.44. The molecule has 3 nitrogen and oxygen atoms in total. The van der Waals surface area contributed by atoms with Crippen LogP contribution in [0.25, 0.3) is 0 Å². The van der Waals surface area contributed by atoms with Crippen LogP contribution >= 0.6 is 0 Å². The van der Waals surface area contributed by atoms with E-state index >= 15 is 0 Å². The van der Waals surface area contributed by atoms with Crippen molar-refractivity contribution in [3.05, 3.63) is 58.0 Å². The molecule has 0 amide bonds. The molecule has 0 aliphatic carbocycles. The molecule has 0 N–H and O–H groups in total. The van der Waals surface area contributed by atoms with Crippen LogP contribution in [0.15, 0.2) is 28.9 Å². The fourth-order valence-corrected chi connectivity index (χ4v) is 2.62. The van der Waals surface area contributed by atoms with Gasteiger partial charge in [0.2, 0.25) is 0 Å². The molecule has 0 bridgehead atoms. The van der Waals surface area contributed by atoms with Crippen LogP contribution in [0.5, 0.6) is 0 Å². The highest BCUT2D eigenvalue weighted by Crippen LogP contribution is 2.20. The summed E-state index contributed by atoms with van der Waals surface area (Å²) in [4.78, 5) is 24.5. The Kier molecular flexibility index (Phi) is 3.89. The molecule has 2 rings (SSSR count). The SMILES string of the molecule is Cc1cc(C)c(C(=O)CC(=O)c2ccoc2C)c(C)c1. The number of rotatable bonds is 4. The molecule has 1 aromatic heterocycles. The Hall–Kier alpha value is -2.16. The number of ketones is 2. The van der Waals surface area contributed by atoms with E-state index in [4.69, 9.17) is 4.42 Å². The van der Waals surface area contributed by atoms with Crippen LogP contribution in [-0.4, -0.2) is 11.6 Å². The Morgan fingerprint density at radius 3 is 2.10 bits per heavy atom. The summed E-state index contributed by atoms with van der Waals surface area (Å²) < 4.78 is 5.10. The minimum absolute atomic E-state index is 0.120. The van der Waals surface area contributed by atoms with Gasteiger partial charge in [0.15, 0.2) is 11.6 Å². The summed E-state index contributed by atoms with van der Waals surface area (Å²) in [6.07, 6.45) is 1.35. The zero-order chi connectivity index (χ0) is 14.9. The van der Waals surface area contributed by atoms with Crippen molar-refractivity contribution < 1.29 is 14.0 Å². The van der Waals surface area contributed by atoms with Gasteiger partial charge in [0.25, 0.3) is 0 Å². The summed E-state index contributed by atoms with van der Waals surface area (Å²) in [6, 6.07) is 5.54. The molecule has 0 fully saturated rings. The summed E-state index contributed by atoms with van der Waals surface area (Å²) in [6.45, 7) is 7.52. The molecule has 0 aliphatic rings. The molecule has 0 spiro atoms. The standard InChI is InChI=1S/C17H18O3/c1-10-7-11(2)17(12(3)8-10)16(19)9-15(18)14-5-6-20-13(14)4/h5-8H,9H2,1-4H3. The second-order valence-corrected chi connectivity index (χ2v) is 5.19. The molecular weight excluding hydrogens is 252 g/mol. The number of benzene rings is 1. The largest absolute Gasteiger partial charge is 0.469 e. The monoisotopic (exact) mass is 270 g/mol. The van der Waals surface area contributed by atoms with Crippen LogP contribution < -0.4 is 0 Å². The van der Waals surface area contributed by atoms with Gasteiger partial charge in [-0.2, -0.15) is 0 Å². The lowest BCUT2D eigenvalue weighted by molar-refractivity contribution is 0.0893. The van der Waals surface area contributed by atoms with Gasteiger partial charge < -0.3 is 4.42 Å². The van der Waals surface area contributed by atoms with Gasteiger partial charge in [0, 0.05) is 5.56 Å². The maximum Gasteiger partial charge on any atom is 0.174 e. The fourth-order valence-electron chi connectivity index (χ4n) is 2.62. The zero-order valence-corrected chi connectivity index (χ0v) is 12.2. The zero-order valence-electron chi connectivity index (χ0n) is 12.2. The summed E-state index contributed by atoms with van der Waals surface area (Å²) in [7, 11) is 0. The summed E-state index contributed by atoms with van der Waals surface area (Å²) >= 11 is 0. The van der Waals surface area contributed by atoms with E-state index in [1.165, 1.54) is 6.26 Å². The number of hydrogen-bond acceptors (Lipinski definition) is 3. The Balaban J connectivity index is 2.26. The predicted molar refractivity (Wildman–Crippen MR) is 77.4 cm³/mol. The van der Waals surface area contributed by atoms with Gasteiger partial charge in [0.1, 0.15) is 5.76 Å². The topological polar surface area (TPSA) is 47.3 Å². The van der Waals surface area contributed by atoms with Crippen LogP contribution in [-0.2, 0) is 0 Å². The Labute approximate surface area is 118 Å². The highest BCUT2D eigenvalue weighted by Gasteiger charge is 2.19. The molecule has 0 radical (unpaired) electrons. The third kappa shape index (κ3) is 2.72. The molecule has 0 saturated carbocycles. The van der Waals surface area contributed by atoms with E-state index in [1.807, 2.05) is 32.9 Å². The summed E-state index contributed by atoms with van der Waals surface area (Å²) in [5.74, 6) is 0.228. The van der Waals surface area contributed by atoms with Gasteiger partial charge in [-0.05, 0) is 44.9 Å². The highest BCUT2D eigenvalue weighted by atomic mass is 16.3. The number of aryl methyl sites for hydroxylation is 4. The van der Waals surface area contributed by atoms with Gasteiger partial charge >= 0.3 is 0 Å². The van der Waals surface area contributed by atoms with E-state index < -0.39 is 0 Å². The van der Waals surface area contributed by atoms with Crippen LogP contribution in [0.3, 0.4) is 0 Å². The number of hydrogen-bond donors (Lipinski definition) is 0. The molecule has 0 atom stereocenters. The lowest BCUT2D eigenvalue weighted by Gasteiger charge is -2.09. The number of carbonyl (C=O) groups excluding carboxylic acids is 2. The van der Waals surface area contributed by atoms with E-state index in [9.17, 15) is 9.59 Å². The van der Waals surface area contributed by atoms with Crippen molar-refractivity contribution in [1.82, 2.24) is 0 Å². The van der Waals surface area contributed by atoms with Gasteiger partial charge in [-0.3, -0.25) is 9.59 Å². The van der Waals surface area contributed by atoms with E-state index in [0.717, 1.165) is 16.7 Å². The van der Waals surface area contributed by atoms with Crippen LogP contribution in [0.4, 0.5) is 0 Å². The molecule has 0 saturated heterocycles. The smallest absolute Gasteiger partial charge is 0.174 e. The van der Waals surface area contributed by atoms with Crippen LogP contribution in [0.1, 0.15) is 49.6 Å². The Morgan fingerprint density at radius 1 is 1.00 bits per heavy atom. The fraction of sp³-hybridized carbons (Fsp3) is 0.294. The van der Waals surface area contributed by atoms with Crippen LogP contribution in [0.2, 0.25) is 0 Å². The molecule has 1 aromatic carbocycles. The quantitative estimate of drug-likeness (QED) is 0.624. The van der Waals surface area contributed by atoms with Crippen LogP contribution in [0, 0.1) is 27.7 Å². The Bertz CT molecular complexity index is 654. The van der Waals surface area contributed by atoms with Crippen molar-refractivity contribution >= 4 is 11.6 Å². The molecule has 1 heterocycles. The van der Waals surface area contributed by atoms with Gasteiger partial charge in [-0.15, -0.1) is 0 Å². The summed E-state index contributed by atoms with van der Waals surface area (Å²) in [5, 5.41) is 0. The van der Waals surface area contributed by atoms with Gasteiger partial charge in [-0.25, -0.2) is 0 Å². The molecule has 2 aromatic rings. The molecule has 20 heavy (non-hydrogen) atoms. The van der Waals surface area contributed by atoms with E-state index in [0.29, 0.717) is 16.9 Å². The van der Waals surface area contributed by atoms with Crippen molar-refractivity contribution in [2.24, 2.45) is 0 Å². The average Bonchev–Trinajstić information content (AvgIpc) is 2.73. The first-order chi connectivity index (χ1) is 9.40. The second kappa shape index (κ2) is 5.45. The number of Topliss-reactive ketones (excluding diaryl/α,β-unsaturated/α-hetero) is 2. The first-order valence-electron chi connectivity index (χ1n) is 6.58. The minimum Gasteiger partial charge on any atom is -0.469 e. The lowest BCUT2D eigenvalue weighted by Crippen LogP contribution is -2.11. The Morgan fingerprint density at radius 2 is 1.60 bits per heavy atom. The maximum absolute atomic E-state index is 12.4.